The van der Waals surface area contributed by atoms with E-state index in [0.717, 1.165) is 30.8 Å². The maximum absolute atomic E-state index is 12.6. The third-order valence-electron chi connectivity index (χ3n) is 5.49. The first-order valence-corrected chi connectivity index (χ1v) is 12.2. The summed E-state index contributed by atoms with van der Waals surface area (Å²) in [6.07, 6.45) is 3.80. The molecule has 2 amide bonds. The first kappa shape index (κ1) is 28.2. The van der Waals surface area contributed by atoms with E-state index in [1.54, 1.807) is 30.0 Å². The summed E-state index contributed by atoms with van der Waals surface area (Å²) in [5, 5.41) is 0. The van der Waals surface area contributed by atoms with E-state index in [4.69, 9.17) is 16.2 Å². The van der Waals surface area contributed by atoms with E-state index in [0.29, 0.717) is 38.2 Å². The number of hydrogen-bond acceptors (Lipinski definition) is 6. The molecule has 1 fully saturated rings. The average molecular weight is 465 g/mol. The predicted molar refractivity (Wildman–Crippen MR) is 134 cm³/mol. The first-order valence-electron chi connectivity index (χ1n) is 11.3. The lowest BCUT2D eigenvalue weighted by molar-refractivity contribution is -0.124. The highest BCUT2D eigenvalue weighted by Gasteiger charge is 2.35. The molecule has 4 N–H and O–H groups in total. The van der Waals surface area contributed by atoms with Gasteiger partial charge in [0, 0.05) is 38.0 Å². The number of likely N-dealkylation sites (N-methyl/N-ethyl adjacent to an activating group) is 1. The Labute approximate surface area is 197 Å². The number of benzene rings is 1. The lowest BCUT2D eigenvalue weighted by Crippen LogP contribution is -2.57. The minimum atomic E-state index is -0.860. The molecule has 0 radical (unpaired) electrons. The van der Waals surface area contributed by atoms with E-state index in [1.807, 2.05) is 39.0 Å². The number of amides is 2. The van der Waals surface area contributed by atoms with Crippen molar-refractivity contribution in [2.75, 3.05) is 45.6 Å². The van der Waals surface area contributed by atoms with Crippen LogP contribution in [0.3, 0.4) is 0 Å². The molecular weight excluding hydrogens is 424 g/mol. The van der Waals surface area contributed by atoms with Crippen LogP contribution in [0.1, 0.15) is 48.2 Å². The van der Waals surface area contributed by atoms with Gasteiger partial charge < -0.3 is 21.1 Å². The van der Waals surface area contributed by atoms with Gasteiger partial charge in [-0.25, -0.2) is 0 Å². The van der Waals surface area contributed by atoms with Gasteiger partial charge in [-0.3, -0.25) is 13.9 Å². The van der Waals surface area contributed by atoms with Crippen molar-refractivity contribution >= 4 is 23.8 Å². The van der Waals surface area contributed by atoms with Gasteiger partial charge in [0.15, 0.2) is 0 Å². The van der Waals surface area contributed by atoms with Gasteiger partial charge >= 0.3 is 0 Å². The standard InChI is InChI=1S/C22H34N4O3S.C2H6/c1-4-13-29-14-12-25(3)20(27)19-6-5-18(17(2)16-19)7-15-30-26-10-8-22(24,9-11-26)21(23)28;1-2/h4-6,16H,1,7-15,24H2,2-3H3,(H2,23,28);1-2H3. The molecule has 180 valence electrons. The Hall–Kier alpha value is -1.87. The second-order valence-electron chi connectivity index (χ2n) is 7.76. The summed E-state index contributed by atoms with van der Waals surface area (Å²) in [5.41, 5.74) is 13.6. The van der Waals surface area contributed by atoms with E-state index < -0.39 is 11.4 Å². The summed E-state index contributed by atoms with van der Waals surface area (Å²) < 4.78 is 7.61. The molecule has 0 saturated carbocycles. The van der Waals surface area contributed by atoms with Crippen LogP contribution in [-0.2, 0) is 16.0 Å². The van der Waals surface area contributed by atoms with Crippen LogP contribution in [0.25, 0.3) is 0 Å². The molecule has 1 heterocycles. The Morgan fingerprint density at radius 3 is 2.53 bits per heavy atom. The van der Waals surface area contributed by atoms with Crippen LogP contribution >= 0.6 is 11.9 Å². The molecule has 0 spiro atoms. The Morgan fingerprint density at radius 1 is 1.31 bits per heavy atom. The fourth-order valence-corrected chi connectivity index (χ4v) is 4.36. The van der Waals surface area contributed by atoms with Gasteiger partial charge in [-0.15, -0.1) is 6.58 Å². The van der Waals surface area contributed by atoms with Crippen molar-refractivity contribution in [3.8, 4) is 0 Å². The van der Waals surface area contributed by atoms with Crippen molar-refractivity contribution in [3.05, 3.63) is 47.5 Å². The van der Waals surface area contributed by atoms with E-state index in [2.05, 4.69) is 10.9 Å². The Bertz CT molecular complexity index is 749. The topological polar surface area (TPSA) is 102 Å². The van der Waals surface area contributed by atoms with Crippen LogP contribution in [0, 0.1) is 6.92 Å². The minimum Gasteiger partial charge on any atom is -0.376 e. The molecule has 1 aromatic rings. The number of ether oxygens (including phenoxy) is 1. The zero-order valence-corrected chi connectivity index (χ0v) is 20.9. The van der Waals surface area contributed by atoms with E-state index in [9.17, 15) is 9.59 Å². The minimum absolute atomic E-state index is 0.00531. The normalized spacial score (nSPS) is 15.4. The Kier molecular flexibility index (Phi) is 12.6. The molecule has 0 aromatic heterocycles. The molecule has 0 aliphatic carbocycles. The number of hydrogen-bond donors (Lipinski definition) is 2. The summed E-state index contributed by atoms with van der Waals surface area (Å²) in [6.45, 7) is 12.7. The largest absolute Gasteiger partial charge is 0.376 e. The van der Waals surface area contributed by atoms with Crippen LogP contribution in [0.15, 0.2) is 30.9 Å². The van der Waals surface area contributed by atoms with Crippen molar-refractivity contribution in [2.45, 2.75) is 45.6 Å². The number of aryl methyl sites for hydroxylation is 2. The van der Waals surface area contributed by atoms with E-state index in [-0.39, 0.29) is 5.91 Å². The van der Waals surface area contributed by atoms with Gasteiger partial charge in [-0.05, 0) is 49.4 Å². The molecule has 1 saturated heterocycles. The Balaban J connectivity index is 0.00000249. The summed E-state index contributed by atoms with van der Waals surface area (Å²) in [7, 11) is 1.78. The lowest BCUT2D eigenvalue weighted by atomic mass is 9.89. The van der Waals surface area contributed by atoms with Gasteiger partial charge in [-0.1, -0.05) is 37.9 Å². The van der Waals surface area contributed by atoms with Gasteiger partial charge in [0.1, 0.15) is 0 Å². The molecule has 32 heavy (non-hydrogen) atoms. The van der Waals surface area contributed by atoms with Crippen LogP contribution in [0.5, 0.6) is 0 Å². The molecular formula is C24H40N4O3S. The third-order valence-corrected chi connectivity index (χ3v) is 6.61. The fraction of sp³-hybridized carbons (Fsp3) is 0.583. The monoisotopic (exact) mass is 464 g/mol. The van der Waals surface area contributed by atoms with Gasteiger partial charge in [0.25, 0.3) is 5.91 Å². The van der Waals surface area contributed by atoms with Crippen LogP contribution < -0.4 is 11.5 Å². The number of carbonyl (C=O) groups is 2. The molecule has 7 nitrogen and oxygen atoms in total. The second-order valence-corrected chi connectivity index (χ2v) is 8.95. The highest BCUT2D eigenvalue weighted by Crippen LogP contribution is 2.25. The van der Waals surface area contributed by atoms with Crippen LogP contribution in [0.2, 0.25) is 0 Å². The third kappa shape index (κ3) is 8.58. The van der Waals surface area contributed by atoms with Crippen LogP contribution in [0.4, 0.5) is 0 Å². The molecule has 1 aliphatic heterocycles. The van der Waals surface area contributed by atoms with E-state index in [1.165, 1.54) is 5.56 Å². The molecule has 8 heteroatoms. The number of piperidine rings is 1. The van der Waals surface area contributed by atoms with Crippen molar-refractivity contribution in [2.24, 2.45) is 11.5 Å². The molecule has 1 aromatic carbocycles. The average Bonchev–Trinajstić information content (AvgIpc) is 2.79. The van der Waals surface area contributed by atoms with Crippen molar-refractivity contribution in [1.82, 2.24) is 9.21 Å². The zero-order chi connectivity index (χ0) is 24.1. The number of nitrogens with two attached hydrogens (primary N) is 2. The molecule has 0 atom stereocenters. The van der Waals surface area contributed by atoms with Crippen molar-refractivity contribution in [3.63, 3.8) is 0 Å². The highest BCUT2D eigenvalue weighted by atomic mass is 32.2. The second kappa shape index (κ2) is 14.3. The fourth-order valence-electron chi connectivity index (χ4n) is 3.34. The summed E-state index contributed by atoms with van der Waals surface area (Å²) >= 11 is 1.77. The zero-order valence-electron chi connectivity index (χ0n) is 20.1. The predicted octanol–water partition coefficient (Wildman–Crippen LogP) is 2.77. The molecule has 2 rings (SSSR count). The number of primary amides is 1. The van der Waals surface area contributed by atoms with Crippen molar-refractivity contribution in [1.29, 1.82) is 0 Å². The SMILES string of the molecule is C=CCOCCN(C)C(=O)c1ccc(CCSN2CCC(N)(C(N)=O)CC2)c(C)c1.CC. The summed E-state index contributed by atoms with van der Waals surface area (Å²) in [6, 6.07) is 5.90. The van der Waals surface area contributed by atoms with Gasteiger partial charge in [0.05, 0.1) is 18.8 Å². The Morgan fingerprint density at radius 2 is 1.97 bits per heavy atom. The number of nitrogens with zero attached hydrogens (tertiary/aromatic N) is 2. The molecule has 1 aliphatic rings. The quantitative estimate of drug-likeness (QED) is 0.297. The summed E-state index contributed by atoms with van der Waals surface area (Å²) in [4.78, 5) is 25.7. The van der Waals surface area contributed by atoms with Crippen molar-refractivity contribution < 1.29 is 14.3 Å². The van der Waals surface area contributed by atoms with Gasteiger partial charge in [0.2, 0.25) is 5.91 Å². The smallest absolute Gasteiger partial charge is 0.253 e. The van der Waals surface area contributed by atoms with Crippen LogP contribution in [-0.4, -0.2) is 72.2 Å². The lowest BCUT2D eigenvalue weighted by Gasteiger charge is -2.36. The first-order chi connectivity index (χ1) is 15.3. The number of carbonyl (C=O) groups excluding carboxylic acids is 2. The number of rotatable bonds is 11. The van der Waals surface area contributed by atoms with E-state index >= 15 is 0 Å². The highest BCUT2D eigenvalue weighted by molar-refractivity contribution is 7.97. The van der Waals surface area contributed by atoms with Gasteiger partial charge in [-0.2, -0.15) is 0 Å². The molecule has 0 unspecified atom stereocenters. The molecule has 0 bridgehead atoms. The maximum Gasteiger partial charge on any atom is 0.253 e. The maximum atomic E-state index is 12.6. The summed E-state index contributed by atoms with van der Waals surface area (Å²) in [5.74, 6) is 0.518.